The lowest BCUT2D eigenvalue weighted by Crippen LogP contribution is -2.13. The van der Waals surface area contributed by atoms with Gasteiger partial charge in [0.15, 0.2) is 5.03 Å². The summed E-state index contributed by atoms with van der Waals surface area (Å²) >= 11 is 0. The van der Waals surface area contributed by atoms with Crippen LogP contribution in [0.4, 0.5) is 0 Å². The highest BCUT2D eigenvalue weighted by atomic mass is 35.7. The van der Waals surface area contributed by atoms with Crippen molar-refractivity contribution in [1.29, 1.82) is 5.26 Å². The molecular weight excluding hydrogens is 286 g/mol. The maximum atomic E-state index is 11.3. The zero-order valence-electron chi connectivity index (χ0n) is 10.8. The minimum atomic E-state index is -3.79. The first-order chi connectivity index (χ1) is 8.90. The molecule has 2 rings (SSSR count). The number of hydrogen-bond acceptors (Lipinski definition) is 4. The molecule has 1 heterocycles. The maximum absolute atomic E-state index is 11.3. The molecule has 0 spiro atoms. The van der Waals surface area contributed by atoms with Crippen LogP contribution in [0.2, 0.25) is 0 Å². The van der Waals surface area contributed by atoms with Gasteiger partial charge < -0.3 is 4.57 Å². The molecule has 1 aliphatic rings. The van der Waals surface area contributed by atoms with E-state index in [0.29, 0.717) is 19.4 Å². The molecule has 5 nitrogen and oxygen atoms in total. The fraction of sp³-hybridized carbons (Fsp3) is 0.667. The molecule has 104 valence electrons. The predicted octanol–water partition coefficient (Wildman–Crippen LogP) is 2.46. The Hall–Kier alpha value is -1.06. The normalized spacial score (nSPS) is 17.1. The molecule has 1 aliphatic carbocycles. The van der Waals surface area contributed by atoms with Crippen molar-refractivity contribution in [3.05, 3.63) is 12.0 Å². The van der Waals surface area contributed by atoms with Crippen LogP contribution in [0.1, 0.15) is 38.4 Å². The smallest absolute Gasteiger partial charge is 0.280 e. The molecule has 1 aromatic rings. The Morgan fingerprint density at radius 3 is 2.74 bits per heavy atom. The molecule has 1 aromatic heterocycles. The third-order valence-electron chi connectivity index (χ3n) is 3.48. The molecule has 0 radical (unpaired) electrons. The van der Waals surface area contributed by atoms with Crippen molar-refractivity contribution in [2.24, 2.45) is 5.41 Å². The summed E-state index contributed by atoms with van der Waals surface area (Å²) in [5.74, 6) is 0.728. The molecule has 0 saturated heterocycles. The zero-order chi connectivity index (χ0) is 14.1. The Labute approximate surface area is 117 Å². The standard InChI is InChI=1S/C12H16ClN3O2S/c1-2-3-10-15-11(19(13,17)18)8-16(10)9-12(4-5-12)6-7-14/h8H,2-6,9H2,1H3. The fourth-order valence-electron chi connectivity index (χ4n) is 2.20. The number of halogens is 1. The van der Waals surface area contributed by atoms with Gasteiger partial charge in [0.25, 0.3) is 9.05 Å². The summed E-state index contributed by atoms with van der Waals surface area (Å²) in [7, 11) is 1.54. The summed E-state index contributed by atoms with van der Waals surface area (Å²) in [6.07, 6.45) is 5.59. The lowest BCUT2D eigenvalue weighted by atomic mass is 10.0. The third kappa shape index (κ3) is 3.28. The van der Waals surface area contributed by atoms with Crippen molar-refractivity contribution in [1.82, 2.24) is 9.55 Å². The van der Waals surface area contributed by atoms with Crippen LogP contribution in [0.25, 0.3) is 0 Å². The Kier molecular flexibility index (Phi) is 3.88. The minimum Gasteiger partial charge on any atom is -0.333 e. The summed E-state index contributed by atoms with van der Waals surface area (Å²) in [6, 6.07) is 2.20. The summed E-state index contributed by atoms with van der Waals surface area (Å²) in [5.41, 5.74) is 0.00524. The van der Waals surface area contributed by atoms with Crippen LogP contribution in [-0.2, 0) is 22.0 Å². The highest BCUT2D eigenvalue weighted by Crippen LogP contribution is 2.50. The van der Waals surface area contributed by atoms with E-state index in [-0.39, 0.29) is 10.4 Å². The second kappa shape index (κ2) is 5.14. The summed E-state index contributed by atoms with van der Waals surface area (Å²) in [5, 5.41) is 8.74. The lowest BCUT2D eigenvalue weighted by Gasteiger charge is -2.13. The van der Waals surface area contributed by atoms with Gasteiger partial charge in [-0.15, -0.1) is 0 Å². The predicted molar refractivity (Wildman–Crippen MR) is 71.2 cm³/mol. The monoisotopic (exact) mass is 301 g/mol. The molecular formula is C12H16ClN3O2S. The zero-order valence-corrected chi connectivity index (χ0v) is 12.3. The van der Waals surface area contributed by atoms with Gasteiger partial charge in [0.2, 0.25) is 0 Å². The summed E-state index contributed by atoms with van der Waals surface area (Å²) in [6.45, 7) is 2.66. The Balaban J connectivity index is 2.29. The first-order valence-electron chi connectivity index (χ1n) is 6.28. The van der Waals surface area contributed by atoms with Gasteiger partial charge in [-0.2, -0.15) is 5.26 Å². The van der Waals surface area contributed by atoms with Crippen LogP contribution >= 0.6 is 10.7 Å². The highest BCUT2D eigenvalue weighted by molar-refractivity contribution is 8.13. The molecule has 0 aliphatic heterocycles. The van der Waals surface area contributed by atoms with Gasteiger partial charge in [0.1, 0.15) is 5.82 Å². The second-order valence-electron chi connectivity index (χ2n) is 5.15. The van der Waals surface area contributed by atoms with Crippen molar-refractivity contribution in [3.63, 3.8) is 0 Å². The van der Waals surface area contributed by atoms with E-state index in [2.05, 4.69) is 11.1 Å². The van der Waals surface area contributed by atoms with E-state index in [4.69, 9.17) is 15.9 Å². The van der Waals surface area contributed by atoms with Crippen molar-refractivity contribution in [2.75, 3.05) is 0 Å². The van der Waals surface area contributed by atoms with Gasteiger partial charge in [-0.3, -0.25) is 0 Å². The van der Waals surface area contributed by atoms with Crippen LogP contribution < -0.4 is 0 Å². The van der Waals surface area contributed by atoms with Crippen molar-refractivity contribution in [2.45, 2.75) is 50.6 Å². The summed E-state index contributed by atoms with van der Waals surface area (Å²) in [4.78, 5) is 4.10. The van der Waals surface area contributed by atoms with Gasteiger partial charge in [0.05, 0.1) is 6.07 Å². The van der Waals surface area contributed by atoms with E-state index >= 15 is 0 Å². The molecule has 0 bridgehead atoms. The van der Waals surface area contributed by atoms with Crippen molar-refractivity contribution in [3.8, 4) is 6.07 Å². The first-order valence-corrected chi connectivity index (χ1v) is 8.59. The first kappa shape index (κ1) is 14.4. The van der Waals surface area contributed by atoms with Gasteiger partial charge in [-0.25, -0.2) is 13.4 Å². The number of nitrogens with zero attached hydrogens (tertiary/aromatic N) is 3. The van der Waals surface area contributed by atoms with Gasteiger partial charge in [-0.1, -0.05) is 6.92 Å². The van der Waals surface area contributed by atoms with E-state index in [9.17, 15) is 8.42 Å². The summed E-state index contributed by atoms with van der Waals surface area (Å²) < 4.78 is 24.5. The van der Waals surface area contributed by atoms with E-state index in [1.807, 2.05) is 11.5 Å². The number of hydrogen-bond donors (Lipinski definition) is 0. The molecule has 0 N–H and O–H groups in total. The molecule has 0 amide bonds. The number of aryl methyl sites for hydroxylation is 1. The van der Waals surface area contributed by atoms with Gasteiger partial charge in [0, 0.05) is 41.7 Å². The van der Waals surface area contributed by atoms with E-state index < -0.39 is 9.05 Å². The van der Waals surface area contributed by atoms with E-state index in [1.54, 1.807) is 0 Å². The average Bonchev–Trinajstić information content (AvgIpc) is 2.93. The van der Waals surface area contributed by atoms with Gasteiger partial charge >= 0.3 is 0 Å². The van der Waals surface area contributed by atoms with Crippen LogP contribution in [0.3, 0.4) is 0 Å². The van der Waals surface area contributed by atoms with Crippen molar-refractivity contribution < 1.29 is 8.42 Å². The SMILES string of the molecule is CCCc1nc(S(=O)(=O)Cl)cn1CC1(CC#N)CC1. The van der Waals surface area contributed by atoms with Crippen LogP contribution in [0, 0.1) is 16.7 Å². The second-order valence-corrected chi connectivity index (χ2v) is 7.66. The topological polar surface area (TPSA) is 75.8 Å². The largest absolute Gasteiger partial charge is 0.333 e. The third-order valence-corrected chi connectivity index (χ3v) is 4.65. The van der Waals surface area contributed by atoms with Crippen LogP contribution in [-0.4, -0.2) is 18.0 Å². The number of nitriles is 1. The Bertz CT molecular complexity index is 611. The lowest BCUT2D eigenvalue weighted by molar-refractivity contribution is 0.421. The number of aromatic nitrogens is 2. The molecule has 19 heavy (non-hydrogen) atoms. The Morgan fingerprint density at radius 1 is 1.58 bits per heavy atom. The number of rotatable bonds is 6. The van der Waals surface area contributed by atoms with Gasteiger partial charge in [-0.05, 0) is 19.3 Å². The molecule has 0 unspecified atom stereocenters. The van der Waals surface area contributed by atoms with E-state index in [1.165, 1.54) is 6.20 Å². The molecule has 1 fully saturated rings. The fourth-order valence-corrected chi connectivity index (χ4v) is 2.89. The molecule has 0 aromatic carbocycles. The number of imidazole rings is 1. The minimum absolute atomic E-state index is 0.00524. The highest BCUT2D eigenvalue weighted by Gasteiger charge is 2.43. The molecule has 7 heteroatoms. The van der Waals surface area contributed by atoms with Crippen LogP contribution in [0.15, 0.2) is 11.2 Å². The average molecular weight is 302 g/mol. The van der Waals surface area contributed by atoms with E-state index in [0.717, 1.165) is 25.1 Å². The maximum Gasteiger partial charge on any atom is 0.280 e. The Morgan fingerprint density at radius 2 is 2.26 bits per heavy atom. The molecule has 1 saturated carbocycles. The quantitative estimate of drug-likeness (QED) is 0.756. The molecule has 0 atom stereocenters. The van der Waals surface area contributed by atoms with Crippen LogP contribution in [0.5, 0.6) is 0 Å². The van der Waals surface area contributed by atoms with Crippen molar-refractivity contribution >= 4 is 19.7 Å².